The van der Waals surface area contributed by atoms with Gasteiger partial charge in [0.1, 0.15) is 5.75 Å². The summed E-state index contributed by atoms with van der Waals surface area (Å²) in [5.74, 6) is 0.262. The van der Waals surface area contributed by atoms with Gasteiger partial charge >= 0.3 is 0 Å². The number of hydrogen-bond acceptors (Lipinski definition) is 3. The highest BCUT2D eigenvalue weighted by molar-refractivity contribution is 9.10. The van der Waals surface area contributed by atoms with Crippen molar-refractivity contribution in [1.82, 2.24) is 0 Å². The van der Waals surface area contributed by atoms with Gasteiger partial charge in [-0.2, -0.15) is 0 Å². The van der Waals surface area contributed by atoms with Crippen molar-refractivity contribution in [3.05, 3.63) is 52.5 Å². The minimum atomic E-state index is 0.262. The number of phenolic OH excluding ortho intramolecular Hbond substituents is 1. The summed E-state index contributed by atoms with van der Waals surface area (Å²) in [5, 5.41) is 12.9. The van der Waals surface area contributed by atoms with Crippen molar-refractivity contribution >= 4 is 27.3 Å². The van der Waals surface area contributed by atoms with Crippen LogP contribution in [0, 0.1) is 0 Å². The molecule has 0 saturated carbocycles. The van der Waals surface area contributed by atoms with Crippen LogP contribution in [-0.4, -0.2) is 19.2 Å². The number of hydrogen-bond donors (Lipinski definition) is 2. The van der Waals surface area contributed by atoms with E-state index in [-0.39, 0.29) is 5.75 Å². The van der Waals surface area contributed by atoms with Crippen LogP contribution in [0.2, 0.25) is 0 Å². The van der Waals surface area contributed by atoms with Gasteiger partial charge in [-0.3, -0.25) is 0 Å². The SMILES string of the molecule is CN(C)c1ccccc1NCc1ccc(O)c(Br)c1. The number of rotatable bonds is 4. The number of nitrogens with one attached hydrogen (secondary N) is 1. The Kier molecular flexibility index (Phi) is 4.32. The fourth-order valence-electron chi connectivity index (χ4n) is 1.87. The van der Waals surface area contributed by atoms with Crippen molar-refractivity contribution in [1.29, 1.82) is 0 Å². The van der Waals surface area contributed by atoms with Crippen LogP contribution in [0.1, 0.15) is 5.56 Å². The molecule has 0 spiro atoms. The van der Waals surface area contributed by atoms with Crippen LogP contribution in [0.5, 0.6) is 5.75 Å². The molecule has 2 aromatic rings. The summed E-state index contributed by atoms with van der Waals surface area (Å²) in [6.07, 6.45) is 0. The van der Waals surface area contributed by atoms with Crippen LogP contribution in [0.3, 0.4) is 0 Å². The summed E-state index contributed by atoms with van der Waals surface area (Å²) in [7, 11) is 4.05. The molecule has 19 heavy (non-hydrogen) atoms. The lowest BCUT2D eigenvalue weighted by Gasteiger charge is -2.18. The molecule has 2 aromatic carbocycles. The lowest BCUT2D eigenvalue weighted by Crippen LogP contribution is -2.12. The average Bonchev–Trinajstić information content (AvgIpc) is 2.40. The number of halogens is 1. The van der Waals surface area contributed by atoms with E-state index in [1.54, 1.807) is 6.07 Å². The highest BCUT2D eigenvalue weighted by Crippen LogP contribution is 2.26. The molecule has 0 fully saturated rings. The van der Waals surface area contributed by atoms with E-state index in [1.807, 2.05) is 38.4 Å². The Balaban J connectivity index is 2.12. The zero-order chi connectivity index (χ0) is 13.8. The van der Waals surface area contributed by atoms with Crippen molar-refractivity contribution in [2.45, 2.75) is 6.54 Å². The Morgan fingerprint density at radius 2 is 1.89 bits per heavy atom. The molecule has 0 unspecified atom stereocenters. The Hall–Kier alpha value is -1.68. The van der Waals surface area contributed by atoms with E-state index in [4.69, 9.17) is 0 Å². The van der Waals surface area contributed by atoms with Crippen molar-refractivity contribution in [3.63, 3.8) is 0 Å². The third kappa shape index (κ3) is 3.41. The van der Waals surface area contributed by atoms with E-state index in [9.17, 15) is 5.11 Å². The molecule has 0 aliphatic heterocycles. The molecule has 4 heteroatoms. The van der Waals surface area contributed by atoms with Crippen LogP contribution >= 0.6 is 15.9 Å². The molecule has 0 amide bonds. The molecule has 2 N–H and O–H groups in total. The van der Waals surface area contributed by atoms with Gasteiger partial charge in [-0.05, 0) is 45.8 Å². The molecule has 100 valence electrons. The zero-order valence-electron chi connectivity index (χ0n) is 11.0. The smallest absolute Gasteiger partial charge is 0.129 e. The van der Waals surface area contributed by atoms with Gasteiger partial charge in [-0.25, -0.2) is 0 Å². The maximum Gasteiger partial charge on any atom is 0.129 e. The van der Waals surface area contributed by atoms with Crippen molar-refractivity contribution in [3.8, 4) is 5.75 Å². The minimum Gasteiger partial charge on any atom is -0.507 e. The lowest BCUT2D eigenvalue weighted by atomic mass is 10.2. The molecule has 0 heterocycles. The zero-order valence-corrected chi connectivity index (χ0v) is 12.6. The first-order chi connectivity index (χ1) is 9.08. The van der Waals surface area contributed by atoms with Gasteiger partial charge in [0.25, 0.3) is 0 Å². The molecular formula is C15H17BrN2O. The van der Waals surface area contributed by atoms with E-state index < -0.39 is 0 Å². The molecule has 0 saturated heterocycles. The Labute approximate surface area is 122 Å². The Bertz CT molecular complexity index is 570. The van der Waals surface area contributed by atoms with E-state index in [2.05, 4.69) is 38.3 Å². The molecule has 0 radical (unpaired) electrons. The summed E-state index contributed by atoms with van der Waals surface area (Å²) in [4.78, 5) is 2.08. The maximum atomic E-state index is 9.47. The minimum absolute atomic E-state index is 0.262. The topological polar surface area (TPSA) is 35.5 Å². The normalized spacial score (nSPS) is 10.3. The van der Waals surface area contributed by atoms with Gasteiger partial charge < -0.3 is 15.3 Å². The van der Waals surface area contributed by atoms with Crippen LogP contribution in [0.15, 0.2) is 46.9 Å². The third-order valence-electron chi connectivity index (χ3n) is 2.88. The third-order valence-corrected chi connectivity index (χ3v) is 3.52. The standard InChI is InChI=1S/C15H17BrN2O/c1-18(2)14-6-4-3-5-13(14)17-10-11-7-8-15(19)12(16)9-11/h3-9,17,19H,10H2,1-2H3. The maximum absolute atomic E-state index is 9.47. The van der Waals surface area contributed by atoms with Gasteiger partial charge in [-0.15, -0.1) is 0 Å². The first-order valence-electron chi connectivity index (χ1n) is 6.05. The second-order valence-electron chi connectivity index (χ2n) is 4.55. The van der Waals surface area contributed by atoms with Crippen molar-refractivity contribution < 1.29 is 5.11 Å². The van der Waals surface area contributed by atoms with Gasteiger partial charge in [0.15, 0.2) is 0 Å². The van der Waals surface area contributed by atoms with Gasteiger partial charge in [0.05, 0.1) is 15.8 Å². The molecule has 0 aliphatic carbocycles. The van der Waals surface area contributed by atoms with Gasteiger partial charge in [-0.1, -0.05) is 18.2 Å². The Morgan fingerprint density at radius 1 is 1.16 bits per heavy atom. The molecule has 0 aliphatic rings. The first kappa shape index (κ1) is 13.7. The monoisotopic (exact) mass is 320 g/mol. The first-order valence-corrected chi connectivity index (χ1v) is 6.85. The summed E-state index contributed by atoms with van der Waals surface area (Å²) in [6.45, 7) is 0.712. The second-order valence-corrected chi connectivity index (χ2v) is 5.41. The summed E-state index contributed by atoms with van der Waals surface area (Å²) >= 11 is 3.32. The van der Waals surface area contributed by atoms with E-state index in [0.717, 1.165) is 16.9 Å². The molecule has 0 atom stereocenters. The Morgan fingerprint density at radius 3 is 2.58 bits per heavy atom. The molecule has 3 nitrogen and oxygen atoms in total. The van der Waals surface area contributed by atoms with Crippen LogP contribution in [0.4, 0.5) is 11.4 Å². The predicted molar refractivity (Wildman–Crippen MR) is 83.9 cm³/mol. The fourth-order valence-corrected chi connectivity index (χ4v) is 2.30. The predicted octanol–water partition coefficient (Wildman–Crippen LogP) is 3.83. The number of anilines is 2. The van der Waals surface area contributed by atoms with Crippen molar-refractivity contribution in [2.24, 2.45) is 0 Å². The van der Waals surface area contributed by atoms with Crippen LogP contribution in [0.25, 0.3) is 0 Å². The van der Waals surface area contributed by atoms with E-state index in [0.29, 0.717) is 11.0 Å². The highest BCUT2D eigenvalue weighted by atomic mass is 79.9. The quantitative estimate of drug-likeness (QED) is 0.898. The average molecular weight is 321 g/mol. The molecular weight excluding hydrogens is 304 g/mol. The van der Waals surface area contributed by atoms with Crippen molar-refractivity contribution in [2.75, 3.05) is 24.3 Å². The molecule has 2 rings (SSSR count). The number of benzene rings is 2. The largest absolute Gasteiger partial charge is 0.507 e. The number of aromatic hydroxyl groups is 1. The summed E-state index contributed by atoms with van der Waals surface area (Å²) in [5.41, 5.74) is 3.36. The summed E-state index contributed by atoms with van der Waals surface area (Å²) in [6, 6.07) is 13.7. The van der Waals surface area contributed by atoms with E-state index in [1.165, 1.54) is 0 Å². The van der Waals surface area contributed by atoms with E-state index >= 15 is 0 Å². The fraction of sp³-hybridized carbons (Fsp3) is 0.200. The second kappa shape index (κ2) is 5.97. The van der Waals surface area contributed by atoms with Gasteiger partial charge in [0.2, 0.25) is 0 Å². The number of para-hydroxylation sites is 2. The summed E-state index contributed by atoms with van der Waals surface area (Å²) < 4.78 is 0.715. The number of phenols is 1. The van der Waals surface area contributed by atoms with Gasteiger partial charge in [0, 0.05) is 20.6 Å². The van der Waals surface area contributed by atoms with Crippen LogP contribution in [-0.2, 0) is 6.54 Å². The van der Waals surface area contributed by atoms with Crippen LogP contribution < -0.4 is 10.2 Å². The number of nitrogens with zero attached hydrogens (tertiary/aromatic N) is 1. The highest BCUT2D eigenvalue weighted by Gasteiger charge is 2.04. The molecule has 0 bridgehead atoms. The molecule has 0 aromatic heterocycles. The lowest BCUT2D eigenvalue weighted by molar-refractivity contribution is 0.471.